The minimum Gasteiger partial charge on any atom is -0.359 e. The van der Waals surface area contributed by atoms with Crippen molar-refractivity contribution in [1.82, 2.24) is 16.0 Å². The Bertz CT molecular complexity index is 252. The van der Waals surface area contributed by atoms with E-state index in [2.05, 4.69) is 20.9 Å². The second-order valence-electron chi connectivity index (χ2n) is 4.05. The number of nitrogens with zero attached hydrogens (tertiary/aromatic N) is 1. The Kier molecular flexibility index (Phi) is 9.20. The predicted molar refractivity (Wildman–Crippen MR) is 80.9 cm³/mol. The summed E-state index contributed by atoms with van der Waals surface area (Å²) >= 11 is 0. The highest BCUT2D eigenvalue weighted by atomic mass is 127. The Morgan fingerprint density at radius 2 is 2.00 bits per heavy atom. The van der Waals surface area contributed by atoms with Crippen molar-refractivity contribution in [1.29, 1.82) is 0 Å². The summed E-state index contributed by atoms with van der Waals surface area (Å²) in [6.07, 6.45) is 5.26. The molecule has 1 amide bonds. The molecule has 1 aliphatic rings. The van der Waals surface area contributed by atoms with E-state index < -0.39 is 0 Å². The first-order valence-corrected chi connectivity index (χ1v) is 5.94. The molecule has 1 fully saturated rings. The fraction of sp³-hybridized carbons (Fsp3) is 0.818. The maximum Gasteiger partial charge on any atom is 0.221 e. The summed E-state index contributed by atoms with van der Waals surface area (Å²) in [6.45, 7) is 0.617. The van der Waals surface area contributed by atoms with Gasteiger partial charge in [0.1, 0.15) is 0 Å². The lowest BCUT2D eigenvalue weighted by atomic mass is 10.2. The zero-order valence-electron chi connectivity index (χ0n) is 10.6. The van der Waals surface area contributed by atoms with E-state index >= 15 is 0 Å². The lowest BCUT2D eigenvalue weighted by Gasteiger charge is -2.12. The normalized spacial score (nSPS) is 16.2. The maximum absolute atomic E-state index is 11.5. The van der Waals surface area contributed by atoms with E-state index in [0.717, 1.165) is 12.8 Å². The lowest BCUT2D eigenvalue weighted by molar-refractivity contribution is -0.121. The largest absolute Gasteiger partial charge is 0.359 e. The van der Waals surface area contributed by atoms with Crippen LogP contribution in [0.2, 0.25) is 0 Å². The Balaban J connectivity index is 0.00000256. The van der Waals surface area contributed by atoms with E-state index in [1.807, 2.05) is 0 Å². The Hall–Kier alpha value is -0.530. The minimum atomic E-state index is 0. The Morgan fingerprint density at radius 3 is 2.53 bits per heavy atom. The molecule has 0 heterocycles. The number of rotatable bonds is 4. The van der Waals surface area contributed by atoms with Gasteiger partial charge in [-0.15, -0.1) is 24.0 Å². The van der Waals surface area contributed by atoms with Gasteiger partial charge in [-0.05, 0) is 12.8 Å². The van der Waals surface area contributed by atoms with Crippen LogP contribution in [-0.2, 0) is 4.79 Å². The minimum absolute atomic E-state index is 0. The third-order valence-electron chi connectivity index (χ3n) is 2.83. The summed E-state index contributed by atoms with van der Waals surface area (Å²) in [7, 11) is 3.51. The molecule has 1 saturated carbocycles. The van der Waals surface area contributed by atoms with Crippen LogP contribution in [0.1, 0.15) is 32.1 Å². The van der Waals surface area contributed by atoms with Crippen LogP contribution >= 0.6 is 24.0 Å². The smallest absolute Gasteiger partial charge is 0.221 e. The molecule has 0 saturated heterocycles. The molecule has 0 bridgehead atoms. The molecule has 0 aliphatic heterocycles. The monoisotopic (exact) mass is 354 g/mol. The van der Waals surface area contributed by atoms with Gasteiger partial charge in [-0.3, -0.25) is 9.79 Å². The molecular weight excluding hydrogens is 331 g/mol. The Labute approximate surface area is 120 Å². The molecule has 0 spiro atoms. The van der Waals surface area contributed by atoms with Crippen molar-refractivity contribution in [2.75, 3.05) is 20.6 Å². The van der Waals surface area contributed by atoms with Gasteiger partial charge in [-0.1, -0.05) is 12.8 Å². The molecule has 0 atom stereocenters. The highest BCUT2D eigenvalue weighted by molar-refractivity contribution is 14.0. The van der Waals surface area contributed by atoms with Crippen molar-refractivity contribution >= 4 is 35.8 Å². The van der Waals surface area contributed by atoms with Gasteiger partial charge in [-0.2, -0.15) is 0 Å². The van der Waals surface area contributed by atoms with Gasteiger partial charge in [0.2, 0.25) is 5.91 Å². The quantitative estimate of drug-likeness (QED) is 0.398. The van der Waals surface area contributed by atoms with Crippen molar-refractivity contribution < 1.29 is 4.79 Å². The van der Waals surface area contributed by atoms with Gasteiger partial charge >= 0.3 is 0 Å². The van der Waals surface area contributed by atoms with Crippen LogP contribution in [0.15, 0.2) is 4.99 Å². The molecule has 0 radical (unpaired) electrons. The van der Waals surface area contributed by atoms with Crippen LogP contribution < -0.4 is 16.0 Å². The summed E-state index contributed by atoms with van der Waals surface area (Å²) in [6, 6.07) is 0.413. The number of guanidine groups is 1. The van der Waals surface area contributed by atoms with E-state index in [4.69, 9.17) is 0 Å². The first kappa shape index (κ1) is 16.5. The zero-order chi connectivity index (χ0) is 11.8. The van der Waals surface area contributed by atoms with Crippen LogP contribution in [0.4, 0.5) is 0 Å². The number of carbonyl (C=O) groups is 1. The van der Waals surface area contributed by atoms with Crippen LogP contribution in [0.25, 0.3) is 0 Å². The third kappa shape index (κ3) is 6.70. The number of nitrogens with one attached hydrogen (secondary N) is 3. The summed E-state index contributed by atoms with van der Waals surface area (Å²) in [5.41, 5.74) is 0. The fourth-order valence-electron chi connectivity index (χ4n) is 1.94. The average Bonchev–Trinajstić information content (AvgIpc) is 2.77. The van der Waals surface area contributed by atoms with E-state index in [-0.39, 0.29) is 29.9 Å². The fourth-order valence-corrected chi connectivity index (χ4v) is 1.94. The Morgan fingerprint density at radius 1 is 1.35 bits per heavy atom. The molecule has 1 rings (SSSR count). The molecule has 1 aliphatic carbocycles. The van der Waals surface area contributed by atoms with E-state index in [1.165, 1.54) is 12.8 Å². The van der Waals surface area contributed by atoms with Gasteiger partial charge in [0.05, 0.1) is 0 Å². The number of halogens is 1. The van der Waals surface area contributed by atoms with Crippen molar-refractivity contribution in [3.8, 4) is 0 Å². The van der Waals surface area contributed by atoms with Crippen molar-refractivity contribution in [2.24, 2.45) is 4.99 Å². The first-order valence-electron chi connectivity index (χ1n) is 5.94. The van der Waals surface area contributed by atoms with Crippen LogP contribution in [0.3, 0.4) is 0 Å². The van der Waals surface area contributed by atoms with Gasteiger partial charge in [-0.25, -0.2) is 0 Å². The third-order valence-corrected chi connectivity index (χ3v) is 2.83. The number of aliphatic imine (C=N–C) groups is 1. The summed E-state index contributed by atoms with van der Waals surface area (Å²) in [5.74, 6) is 0.847. The molecule has 6 heteroatoms. The van der Waals surface area contributed by atoms with Gasteiger partial charge in [0.15, 0.2) is 5.96 Å². The number of hydrogen-bond donors (Lipinski definition) is 3. The van der Waals surface area contributed by atoms with E-state index in [1.54, 1.807) is 14.1 Å². The van der Waals surface area contributed by atoms with Crippen molar-refractivity contribution in [3.05, 3.63) is 0 Å². The van der Waals surface area contributed by atoms with Crippen LogP contribution in [-0.4, -0.2) is 38.5 Å². The molecule has 0 aromatic heterocycles. The zero-order valence-corrected chi connectivity index (χ0v) is 12.9. The standard InChI is InChI=1S/C11H22N4O.HI/c1-12-11(13-2)14-8-7-10(16)15-9-5-3-4-6-9;/h9H,3-8H2,1-2H3,(H,15,16)(H2,12,13,14);1H. The van der Waals surface area contributed by atoms with E-state index in [0.29, 0.717) is 25.0 Å². The van der Waals surface area contributed by atoms with Gasteiger partial charge in [0.25, 0.3) is 0 Å². The first-order chi connectivity index (χ1) is 7.76. The highest BCUT2D eigenvalue weighted by Gasteiger charge is 2.16. The highest BCUT2D eigenvalue weighted by Crippen LogP contribution is 2.17. The molecule has 0 aromatic rings. The molecule has 17 heavy (non-hydrogen) atoms. The van der Waals surface area contributed by atoms with Gasteiger partial charge < -0.3 is 16.0 Å². The van der Waals surface area contributed by atoms with Crippen molar-refractivity contribution in [3.63, 3.8) is 0 Å². The lowest BCUT2D eigenvalue weighted by Crippen LogP contribution is -2.39. The number of amides is 1. The second-order valence-corrected chi connectivity index (χ2v) is 4.05. The average molecular weight is 354 g/mol. The summed E-state index contributed by atoms with van der Waals surface area (Å²) < 4.78 is 0. The van der Waals surface area contributed by atoms with Crippen LogP contribution in [0, 0.1) is 0 Å². The molecule has 0 unspecified atom stereocenters. The maximum atomic E-state index is 11.5. The second kappa shape index (κ2) is 9.49. The molecule has 100 valence electrons. The van der Waals surface area contributed by atoms with Crippen molar-refractivity contribution in [2.45, 2.75) is 38.1 Å². The SMILES string of the molecule is CN=C(NC)NCCC(=O)NC1CCCC1.I. The number of carbonyl (C=O) groups excluding carboxylic acids is 1. The molecule has 5 nitrogen and oxygen atoms in total. The molecule has 3 N–H and O–H groups in total. The number of hydrogen-bond acceptors (Lipinski definition) is 2. The molecule has 0 aromatic carbocycles. The molecular formula is C11H23IN4O. The summed E-state index contributed by atoms with van der Waals surface area (Å²) in [4.78, 5) is 15.5. The summed E-state index contributed by atoms with van der Waals surface area (Å²) in [5, 5.41) is 9.01. The predicted octanol–water partition coefficient (Wildman–Crippen LogP) is 0.848. The topological polar surface area (TPSA) is 65.5 Å². The van der Waals surface area contributed by atoms with E-state index in [9.17, 15) is 4.79 Å². The van der Waals surface area contributed by atoms with Crippen LogP contribution in [0.5, 0.6) is 0 Å². The van der Waals surface area contributed by atoms with Gasteiger partial charge in [0, 0.05) is 33.1 Å².